The highest BCUT2D eigenvalue weighted by Gasteiger charge is 2.43. The van der Waals surface area contributed by atoms with E-state index in [0.717, 1.165) is 95.7 Å². The molecule has 10 atom stereocenters. The fourth-order valence-electron chi connectivity index (χ4n) is 12.8. The molecule has 0 spiro atoms. The van der Waals surface area contributed by atoms with Crippen LogP contribution in [0.3, 0.4) is 0 Å². The molecular formula is C56H106N10O11S3. The first-order valence-electron chi connectivity index (χ1n) is 30.1. The van der Waals surface area contributed by atoms with Gasteiger partial charge in [-0.1, -0.05) is 0 Å². The van der Waals surface area contributed by atoms with Gasteiger partial charge in [-0.25, -0.2) is 14.4 Å². The van der Waals surface area contributed by atoms with Crippen molar-refractivity contribution in [1.82, 2.24) is 49.8 Å². The average molecular weight is 1190 g/mol. The summed E-state index contributed by atoms with van der Waals surface area (Å²) in [7, 11) is -3.53. The lowest BCUT2D eigenvalue weighted by molar-refractivity contribution is -0.0194. The molecule has 3 amide bonds. The summed E-state index contributed by atoms with van der Waals surface area (Å²) in [6, 6.07) is 3.60. The van der Waals surface area contributed by atoms with Gasteiger partial charge < -0.3 is 44.9 Å². The Balaban J connectivity index is 0.000000165. The van der Waals surface area contributed by atoms with E-state index >= 15 is 0 Å². The van der Waals surface area contributed by atoms with Crippen LogP contribution in [0.1, 0.15) is 127 Å². The number of carbonyl (C=O) groups is 3. The number of amides is 3. The van der Waals surface area contributed by atoms with Crippen molar-refractivity contribution in [3.05, 3.63) is 0 Å². The van der Waals surface area contributed by atoms with Gasteiger partial charge in [-0.15, -0.1) is 0 Å². The number of fused-ring (bicyclic) bond motifs is 5. The second-order valence-electron chi connectivity index (χ2n) is 26.7. The predicted molar refractivity (Wildman–Crippen MR) is 319 cm³/mol. The molecule has 10 rings (SSSR count). The number of nitrogens with zero attached hydrogens (tertiary/aromatic N) is 8. The highest BCUT2D eigenvalue weighted by atomic mass is 32.2. The summed E-state index contributed by atoms with van der Waals surface area (Å²) in [5.74, 6) is 1.67. The van der Waals surface area contributed by atoms with Gasteiger partial charge in [-0.05, 0) is 159 Å². The molecule has 464 valence electrons. The van der Waals surface area contributed by atoms with Crippen LogP contribution < -0.4 is 10.6 Å². The Bertz CT molecular complexity index is 1960. The van der Waals surface area contributed by atoms with Crippen LogP contribution in [0.15, 0.2) is 0 Å². The number of aliphatic hydroxyl groups is 2. The maximum absolute atomic E-state index is 12.4. The van der Waals surface area contributed by atoms with Gasteiger partial charge in [0.25, 0.3) is 10.1 Å². The lowest BCUT2D eigenvalue weighted by Gasteiger charge is -2.43. The Hall–Kier alpha value is -1.94. The number of ether oxygens (including phenoxy) is 3. The highest BCUT2D eigenvalue weighted by molar-refractivity contribution is 7.86. The third-order valence-corrected chi connectivity index (χ3v) is 18.2. The van der Waals surface area contributed by atoms with E-state index in [9.17, 15) is 27.9 Å². The molecule has 10 saturated heterocycles. The van der Waals surface area contributed by atoms with E-state index in [4.69, 9.17) is 23.5 Å². The molecule has 10 heterocycles. The average Bonchev–Trinajstić information content (AvgIpc) is 4.27. The molecule has 10 fully saturated rings. The van der Waals surface area contributed by atoms with Crippen LogP contribution in [0.25, 0.3) is 0 Å². The molecule has 0 aromatic carbocycles. The van der Waals surface area contributed by atoms with Crippen molar-refractivity contribution in [2.24, 2.45) is 0 Å². The van der Waals surface area contributed by atoms with E-state index in [1.54, 1.807) is 9.80 Å². The molecule has 0 aromatic heterocycles. The number of piperazine rings is 5. The normalized spacial score (nSPS) is 31.2. The molecule has 0 radical (unpaired) electrons. The number of aliphatic hydroxyl groups excluding tert-OH is 2. The Morgan fingerprint density at radius 1 is 0.475 bits per heavy atom. The van der Waals surface area contributed by atoms with Crippen molar-refractivity contribution in [3.8, 4) is 0 Å². The molecule has 10 aliphatic heterocycles. The van der Waals surface area contributed by atoms with Crippen LogP contribution >= 0.6 is 25.3 Å². The maximum atomic E-state index is 12.4. The van der Waals surface area contributed by atoms with Gasteiger partial charge in [0, 0.05) is 119 Å². The van der Waals surface area contributed by atoms with Crippen LogP contribution in [-0.4, -0.2) is 289 Å². The van der Waals surface area contributed by atoms with Crippen LogP contribution in [0.4, 0.5) is 14.4 Å². The van der Waals surface area contributed by atoms with Gasteiger partial charge in [-0.3, -0.25) is 33.6 Å². The summed E-state index contributed by atoms with van der Waals surface area (Å²) in [6.45, 7) is 31.7. The Labute approximate surface area is 492 Å². The van der Waals surface area contributed by atoms with Gasteiger partial charge >= 0.3 is 18.3 Å². The zero-order valence-electron chi connectivity index (χ0n) is 50.4. The first kappa shape index (κ1) is 67.2. The highest BCUT2D eigenvalue weighted by Crippen LogP contribution is 2.30. The summed E-state index contributed by atoms with van der Waals surface area (Å²) in [5, 5.41) is 25.2. The van der Waals surface area contributed by atoms with E-state index in [0.29, 0.717) is 55.6 Å². The molecule has 0 saturated carbocycles. The smallest absolute Gasteiger partial charge is 0.410 e. The molecule has 24 heteroatoms. The Morgan fingerprint density at radius 3 is 1.18 bits per heavy atom. The van der Waals surface area contributed by atoms with Crippen LogP contribution in [0.5, 0.6) is 0 Å². The number of nitrogens with one attached hydrogen (secondary N) is 2. The lowest BCUT2D eigenvalue weighted by atomic mass is 10.1. The predicted octanol–water partition coefficient (Wildman–Crippen LogP) is 3.88. The maximum Gasteiger partial charge on any atom is 0.410 e. The zero-order valence-corrected chi connectivity index (χ0v) is 53.0. The molecule has 80 heavy (non-hydrogen) atoms. The minimum Gasteiger partial charge on any atom is -0.444 e. The number of carbonyl (C=O) groups excluding carboxylic acids is 3. The number of hydrogen-bond donors (Lipinski definition) is 6. The van der Waals surface area contributed by atoms with Crippen molar-refractivity contribution >= 4 is 53.7 Å². The summed E-state index contributed by atoms with van der Waals surface area (Å²) in [6.07, 6.45) is 12.5. The van der Waals surface area contributed by atoms with Crippen molar-refractivity contribution in [2.75, 3.05) is 136 Å². The third kappa shape index (κ3) is 20.9. The summed E-state index contributed by atoms with van der Waals surface area (Å²) in [4.78, 5) is 54.3. The van der Waals surface area contributed by atoms with Crippen molar-refractivity contribution in [2.45, 2.75) is 204 Å². The van der Waals surface area contributed by atoms with Crippen molar-refractivity contribution in [1.29, 1.82) is 0 Å². The Morgan fingerprint density at radius 2 is 0.812 bits per heavy atom. The minimum absolute atomic E-state index is 0.00244. The van der Waals surface area contributed by atoms with Crippen LogP contribution in [0.2, 0.25) is 0 Å². The zero-order chi connectivity index (χ0) is 58.6. The molecule has 4 N–H and O–H groups in total. The van der Waals surface area contributed by atoms with E-state index in [1.807, 2.05) is 67.2 Å². The second-order valence-corrected chi connectivity index (χ2v) is 29.1. The second kappa shape index (κ2) is 30.4. The van der Waals surface area contributed by atoms with Crippen LogP contribution in [0, 0.1) is 0 Å². The first-order chi connectivity index (χ1) is 37.7. The standard InChI is InChI=1S/C14H26N2O5S.C13H24N2O3.C13H24N2O2S.C8H16N2O.C8H16N2S/c1-14(2,3)21-13(17)16-9-11-6-5-7-15(11)8-12(16)10-20-22(4,18)19;1-13(2,3)18-12(17)15-8-10-5-4-6-14(10)7-11(15)9-16;1-13(2,3)17-12(16)15-8-10-5-4-6-14(10)7-11(15)9-18;2*11-6-7-5-10-3-1-2-8(10)4-9-7/h11-12H,5-10H2,1-4H3;10-11,16H,4-9H2,1-3H3;10-11,18H,4-9H2,1-3H3;2*7-9,11H,1-6H2/t11-,12+;2*10-,11+;2*7-,8+/m00011/s1. The van der Waals surface area contributed by atoms with Crippen molar-refractivity contribution < 1.29 is 51.4 Å². The summed E-state index contributed by atoms with van der Waals surface area (Å²) >= 11 is 8.69. The summed E-state index contributed by atoms with van der Waals surface area (Å²) < 4.78 is 43.8. The molecular weight excluding hydrogens is 1080 g/mol. The van der Waals surface area contributed by atoms with Crippen LogP contribution in [-0.2, 0) is 28.5 Å². The van der Waals surface area contributed by atoms with Gasteiger partial charge in [0.15, 0.2) is 0 Å². The minimum atomic E-state index is -3.53. The molecule has 0 bridgehead atoms. The molecule has 0 aliphatic carbocycles. The SMILES string of the molecule is CC(C)(C)OC(=O)N1C[C@@H]2CCCN2C[C@@H]1CO.CC(C)(C)OC(=O)N1C[C@@H]2CCCN2C[C@@H]1COS(C)(=O)=O.CC(C)(C)OC(=O)N1C[C@@H]2CCCN2C[C@@H]1CS.OC[C@H]1CN2CCC[C@H]2CN1.SC[C@H]1CN2CCC[C@H]2CN1. The molecule has 10 aliphatic rings. The van der Waals surface area contributed by atoms with E-state index < -0.39 is 33.0 Å². The third-order valence-electron chi connectivity index (χ3n) is 16.8. The largest absolute Gasteiger partial charge is 0.444 e. The molecule has 0 aromatic rings. The number of thiol groups is 2. The van der Waals surface area contributed by atoms with Gasteiger partial charge in [-0.2, -0.15) is 33.7 Å². The topological polar surface area (TPSA) is 213 Å². The number of hydrogen-bond acceptors (Lipinski definition) is 20. The van der Waals surface area contributed by atoms with E-state index in [1.165, 1.54) is 71.1 Å². The van der Waals surface area contributed by atoms with Gasteiger partial charge in [0.2, 0.25) is 0 Å². The van der Waals surface area contributed by atoms with Gasteiger partial charge in [0.05, 0.1) is 44.2 Å². The molecule has 0 unspecified atom stereocenters. The fraction of sp³-hybridized carbons (Fsp3) is 0.946. The summed E-state index contributed by atoms with van der Waals surface area (Å²) in [5.41, 5.74) is -1.49. The quantitative estimate of drug-likeness (QED) is 0.121. The number of rotatable bonds is 7. The monoisotopic (exact) mass is 1190 g/mol. The van der Waals surface area contributed by atoms with Crippen molar-refractivity contribution in [3.63, 3.8) is 0 Å². The van der Waals surface area contributed by atoms with E-state index in [-0.39, 0.29) is 50.1 Å². The molecule has 21 nitrogen and oxygen atoms in total. The van der Waals surface area contributed by atoms with E-state index in [2.05, 4.69) is 60.4 Å². The lowest BCUT2D eigenvalue weighted by Crippen LogP contribution is -2.60. The Kier molecular flexibility index (Phi) is 25.5. The first-order valence-corrected chi connectivity index (χ1v) is 33.2. The fourth-order valence-corrected chi connectivity index (χ4v) is 13.8. The van der Waals surface area contributed by atoms with Gasteiger partial charge in [0.1, 0.15) is 16.8 Å².